The molecule has 0 aromatic heterocycles. The van der Waals surface area contributed by atoms with E-state index in [-0.39, 0.29) is 18.9 Å². The van der Waals surface area contributed by atoms with Crippen LogP contribution in [0.2, 0.25) is 0 Å². The quantitative estimate of drug-likeness (QED) is 0.791. The van der Waals surface area contributed by atoms with Crippen LogP contribution >= 0.6 is 0 Å². The number of carbonyl (C=O) groups excluding carboxylic acids is 2. The number of piperazine rings is 1. The largest absolute Gasteiger partial charge is 0.492 e. The van der Waals surface area contributed by atoms with Crippen LogP contribution < -0.4 is 19.5 Å². The Balaban J connectivity index is 1.34. The highest BCUT2D eigenvalue weighted by Gasteiger charge is 2.24. The van der Waals surface area contributed by atoms with Crippen LogP contribution in [0.4, 0.5) is 9.59 Å². The Labute approximate surface area is 151 Å². The van der Waals surface area contributed by atoms with Gasteiger partial charge in [0.15, 0.2) is 11.5 Å². The number of carbonyl (C=O) groups is 2. The number of ether oxygens (including phenoxy) is 4. The van der Waals surface area contributed by atoms with Gasteiger partial charge in [0.25, 0.3) is 0 Å². The Hall–Kier alpha value is -2.84. The van der Waals surface area contributed by atoms with Crippen molar-refractivity contribution in [3.05, 3.63) is 18.2 Å². The lowest BCUT2D eigenvalue weighted by Gasteiger charge is -2.33. The SMILES string of the molecule is CCOC(=O)N1CCN(C(=O)NCCOc2ccc3c(c2)OCO3)CC1. The summed E-state index contributed by atoms with van der Waals surface area (Å²) in [4.78, 5) is 27.1. The van der Waals surface area contributed by atoms with E-state index >= 15 is 0 Å². The van der Waals surface area contributed by atoms with Crippen molar-refractivity contribution < 1.29 is 28.5 Å². The molecule has 26 heavy (non-hydrogen) atoms. The molecule has 9 heteroatoms. The second-order valence-electron chi connectivity index (χ2n) is 5.77. The number of hydrogen-bond acceptors (Lipinski definition) is 6. The first kappa shape index (κ1) is 18.0. The number of nitrogens with one attached hydrogen (secondary N) is 1. The lowest BCUT2D eigenvalue weighted by molar-refractivity contribution is 0.0851. The van der Waals surface area contributed by atoms with Crippen LogP contribution in [0, 0.1) is 0 Å². The molecule has 0 aliphatic carbocycles. The molecule has 0 saturated carbocycles. The molecule has 3 amide bonds. The van der Waals surface area contributed by atoms with Crippen molar-refractivity contribution in [2.45, 2.75) is 6.92 Å². The highest BCUT2D eigenvalue weighted by Crippen LogP contribution is 2.34. The molecule has 1 aromatic carbocycles. The molecule has 0 unspecified atom stereocenters. The van der Waals surface area contributed by atoms with E-state index in [0.29, 0.717) is 63.2 Å². The molecule has 1 fully saturated rings. The van der Waals surface area contributed by atoms with Crippen molar-refractivity contribution >= 4 is 12.1 Å². The highest BCUT2D eigenvalue weighted by molar-refractivity contribution is 5.75. The first-order valence-corrected chi connectivity index (χ1v) is 8.64. The van der Waals surface area contributed by atoms with E-state index in [1.807, 2.05) is 0 Å². The Morgan fingerprint density at radius 3 is 2.62 bits per heavy atom. The first-order valence-electron chi connectivity index (χ1n) is 8.64. The summed E-state index contributed by atoms with van der Waals surface area (Å²) in [7, 11) is 0. The van der Waals surface area contributed by atoms with Crippen molar-refractivity contribution in [3.8, 4) is 17.2 Å². The van der Waals surface area contributed by atoms with E-state index in [4.69, 9.17) is 18.9 Å². The van der Waals surface area contributed by atoms with Gasteiger partial charge >= 0.3 is 12.1 Å². The summed E-state index contributed by atoms with van der Waals surface area (Å²) in [6, 6.07) is 5.19. The summed E-state index contributed by atoms with van der Waals surface area (Å²) in [5.74, 6) is 2.02. The average molecular weight is 365 g/mol. The maximum Gasteiger partial charge on any atom is 0.409 e. The van der Waals surface area contributed by atoms with Gasteiger partial charge in [-0.15, -0.1) is 0 Å². The normalized spacial score (nSPS) is 15.6. The van der Waals surface area contributed by atoms with Crippen molar-refractivity contribution in [1.82, 2.24) is 15.1 Å². The second-order valence-corrected chi connectivity index (χ2v) is 5.77. The van der Waals surface area contributed by atoms with Gasteiger partial charge in [0, 0.05) is 32.2 Å². The summed E-state index contributed by atoms with van der Waals surface area (Å²) in [6.07, 6.45) is -0.329. The summed E-state index contributed by atoms with van der Waals surface area (Å²) >= 11 is 0. The average Bonchev–Trinajstić information content (AvgIpc) is 3.13. The maximum atomic E-state index is 12.2. The molecule has 142 valence electrons. The fourth-order valence-corrected chi connectivity index (χ4v) is 2.71. The first-order chi connectivity index (χ1) is 12.7. The van der Waals surface area contributed by atoms with Crippen molar-refractivity contribution in [3.63, 3.8) is 0 Å². The van der Waals surface area contributed by atoms with Crippen molar-refractivity contribution in [1.29, 1.82) is 0 Å². The molecule has 0 atom stereocenters. The van der Waals surface area contributed by atoms with E-state index in [1.54, 1.807) is 34.9 Å². The lowest BCUT2D eigenvalue weighted by Crippen LogP contribution is -2.53. The number of urea groups is 1. The van der Waals surface area contributed by atoms with Crippen LogP contribution in [-0.4, -0.2) is 74.7 Å². The Kier molecular flexibility index (Phi) is 5.88. The molecule has 1 N–H and O–H groups in total. The number of nitrogens with zero attached hydrogens (tertiary/aromatic N) is 2. The van der Waals surface area contributed by atoms with E-state index in [2.05, 4.69) is 5.32 Å². The molecule has 9 nitrogen and oxygen atoms in total. The molecular formula is C17H23N3O6. The zero-order valence-electron chi connectivity index (χ0n) is 14.7. The summed E-state index contributed by atoms with van der Waals surface area (Å²) in [5.41, 5.74) is 0. The summed E-state index contributed by atoms with van der Waals surface area (Å²) < 4.78 is 21.1. The van der Waals surface area contributed by atoms with Crippen LogP contribution in [0.25, 0.3) is 0 Å². The molecule has 2 aliphatic rings. The highest BCUT2D eigenvalue weighted by atomic mass is 16.7. The van der Waals surface area contributed by atoms with Gasteiger partial charge in [-0.2, -0.15) is 0 Å². The third kappa shape index (κ3) is 4.41. The van der Waals surface area contributed by atoms with Gasteiger partial charge in [-0.05, 0) is 19.1 Å². The molecule has 3 rings (SSSR count). The number of amides is 3. The van der Waals surface area contributed by atoms with Crippen LogP contribution in [-0.2, 0) is 4.74 Å². The predicted molar refractivity (Wildman–Crippen MR) is 91.6 cm³/mol. The number of rotatable bonds is 5. The van der Waals surface area contributed by atoms with Crippen LogP contribution in [0.5, 0.6) is 17.2 Å². The van der Waals surface area contributed by atoms with E-state index in [0.717, 1.165) is 0 Å². The predicted octanol–water partition coefficient (Wildman–Crippen LogP) is 1.28. The molecule has 2 heterocycles. The van der Waals surface area contributed by atoms with Gasteiger partial charge in [0.2, 0.25) is 6.79 Å². The maximum absolute atomic E-state index is 12.2. The third-order valence-corrected chi connectivity index (χ3v) is 4.08. The smallest absolute Gasteiger partial charge is 0.409 e. The van der Waals surface area contributed by atoms with Gasteiger partial charge in [-0.1, -0.05) is 0 Å². The van der Waals surface area contributed by atoms with Crippen molar-refractivity contribution in [2.75, 3.05) is 52.7 Å². The Morgan fingerprint density at radius 1 is 1.12 bits per heavy atom. The van der Waals surface area contributed by atoms with Gasteiger partial charge in [0.05, 0.1) is 13.2 Å². The molecule has 0 radical (unpaired) electrons. The van der Waals surface area contributed by atoms with Gasteiger partial charge in [-0.25, -0.2) is 9.59 Å². The molecule has 1 aromatic rings. The number of hydrogen-bond donors (Lipinski definition) is 1. The topological polar surface area (TPSA) is 89.6 Å². The molecule has 1 saturated heterocycles. The van der Waals surface area contributed by atoms with Crippen LogP contribution in [0.3, 0.4) is 0 Å². The summed E-state index contributed by atoms with van der Waals surface area (Å²) in [6.45, 7) is 4.97. The Bertz CT molecular complexity index is 645. The zero-order chi connectivity index (χ0) is 18.4. The molecule has 0 bridgehead atoms. The van der Waals surface area contributed by atoms with Gasteiger partial charge in [-0.3, -0.25) is 0 Å². The monoisotopic (exact) mass is 365 g/mol. The minimum Gasteiger partial charge on any atom is -0.492 e. The van der Waals surface area contributed by atoms with E-state index in [9.17, 15) is 9.59 Å². The van der Waals surface area contributed by atoms with E-state index in [1.165, 1.54) is 0 Å². The fourth-order valence-electron chi connectivity index (χ4n) is 2.71. The third-order valence-electron chi connectivity index (χ3n) is 4.08. The Morgan fingerprint density at radius 2 is 1.85 bits per heavy atom. The number of benzene rings is 1. The molecular weight excluding hydrogens is 342 g/mol. The second kappa shape index (κ2) is 8.50. The van der Waals surface area contributed by atoms with Crippen molar-refractivity contribution in [2.24, 2.45) is 0 Å². The lowest BCUT2D eigenvalue weighted by atomic mass is 10.3. The minimum absolute atomic E-state index is 0.164. The standard InChI is InChI=1S/C17H23N3O6/c1-2-23-17(22)20-8-6-19(7-9-20)16(21)18-5-10-24-13-3-4-14-15(11-13)26-12-25-14/h3-4,11H,2,5-10,12H2,1H3,(H,18,21). The molecule has 2 aliphatic heterocycles. The zero-order valence-corrected chi connectivity index (χ0v) is 14.7. The summed E-state index contributed by atoms with van der Waals surface area (Å²) in [5, 5.41) is 2.82. The van der Waals surface area contributed by atoms with Crippen LogP contribution in [0.1, 0.15) is 6.92 Å². The fraction of sp³-hybridized carbons (Fsp3) is 0.529. The number of fused-ring (bicyclic) bond motifs is 1. The minimum atomic E-state index is -0.329. The van der Waals surface area contributed by atoms with Crippen LogP contribution in [0.15, 0.2) is 18.2 Å². The molecule has 0 spiro atoms. The van der Waals surface area contributed by atoms with Gasteiger partial charge in [0.1, 0.15) is 12.4 Å². The van der Waals surface area contributed by atoms with Gasteiger partial charge < -0.3 is 34.1 Å². The van der Waals surface area contributed by atoms with E-state index < -0.39 is 0 Å².